The van der Waals surface area contributed by atoms with Gasteiger partial charge in [-0.25, -0.2) is 0 Å². The number of amides is 2. The lowest BCUT2D eigenvalue weighted by Gasteiger charge is -2.29. The van der Waals surface area contributed by atoms with Crippen LogP contribution in [0.1, 0.15) is 33.6 Å². The molecule has 34 heavy (non-hydrogen) atoms. The van der Waals surface area contributed by atoms with Crippen LogP contribution in [0.15, 0.2) is 72.1 Å². The number of hydrogen-bond acceptors (Lipinski definition) is 5. The van der Waals surface area contributed by atoms with Gasteiger partial charge in [-0.15, -0.1) is 11.3 Å². The Morgan fingerprint density at radius 2 is 1.88 bits per heavy atom. The molecule has 1 atom stereocenters. The van der Waals surface area contributed by atoms with Gasteiger partial charge in [-0.1, -0.05) is 42.5 Å². The van der Waals surface area contributed by atoms with Crippen LogP contribution in [0, 0.1) is 0 Å². The SMILES string of the molecule is COc1cccc(C(=O)N(CC(=O)N(Cc2ccccc2)Cc2cccs2)C[C@H]2CCCO2)c1. The minimum atomic E-state index is -0.196. The van der Waals surface area contributed by atoms with Gasteiger partial charge in [0.25, 0.3) is 5.91 Å². The Hall–Kier alpha value is -3.16. The molecule has 2 heterocycles. The van der Waals surface area contributed by atoms with Crippen LogP contribution in [-0.4, -0.2) is 54.5 Å². The van der Waals surface area contributed by atoms with Crippen molar-refractivity contribution in [3.8, 4) is 5.75 Å². The van der Waals surface area contributed by atoms with E-state index in [1.54, 1.807) is 47.6 Å². The van der Waals surface area contributed by atoms with Crippen LogP contribution < -0.4 is 4.74 Å². The molecule has 1 fully saturated rings. The Morgan fingerprint density at radius 3 is 2.59 bits per heavy atom. The normalized spacial score (nSPS) is 15.1. The van der Waals surface area contributed by atoms with Gasteiger partial charge in [0.1, 0.15) is 12.3 Å². The Kier molecular flexibility index (Phi) is 8.33. The van der Waals surface area contributed by atoms with Crippen molar-refractivity contribution in [3.05, 3.63) is 88.1 Å². The monoisotopic (exact) mass is 478 g/mol. The van der Waals surface area contributed by atoms with Gasteiger partial charge in [-0.2, -0.15) is 0 Å². The summed E-state index contributed by atoms with van der Waals surface area (Å²) in [7, 11) is 1.57. The number of carbonyl (C=O) groups is 2. The summed E-state index contributed by atoms with van der Waals surface area (Å²) in [5.74, 6) is 0.322. The van der Waals surface area contributed by atoms with Gasteiger partial charge in [0.2, 0.25) is 5.91 Å². The van der Waals surface area contributed by atoms with Crippen molar-refractivity contribution in [1.29, 1.82) is 0 Å². The second-order valence-corrected chi connectivity index (χ2v) is 9.40. The standard InChI is InChI=1S/C27H30N2O4S/c1-32-23-11-5-10-22(16-23)27(31)29(18-24-12-6-14-33-24)20-26(30)28(19-25-13-7-15-34-25)17-21-8-3-2-4-9-21/h2-5,7-11,13,15-16,24H,6,12,14,17-20H2,1H3/t24-/m1/s1. The Bertz CT molecular complexity index is 1070. The van der Waals surface area contributed by atoms with E-state index in [4.69, 9.17) is 9.47 Å². The molecule has 0 spiro atoms. The number of nitrogens with zero attached hydrogens (tertiary/aromatic N) is 2. The number of rotatable bonds is 10. The molecule has 2 amide bonds. The van der Waals surface area contributed by atoms with E-state index in [9.17, 15) is 9.59 Å². The molecule has 0 bridgehead atoms. The molecule has 1 aliphatic heterocycles. The summed E-state index contributed by atoms with van der Waals surface area (Å²) in [6, 6.07) is 21.0. The van der Waals surface area contributed by atoms with Crippen molar-refractivity contribution in [2.45, 2.75) is 32.0 Å². The highest BCUT2D eigenvalue weighted by molar-refractivity contribution is 7.09. The first-order valence-electron chi connectivity index (χ1n) is 11.5. The van der Waals surface area contributed by atoms with E-state index in [0.29, 0.717) is 37.6 Å². The molecule has 7 heteroatoms. The van der Waals surface area contributed by atoms with E-state index in [1.807, 2.05) is 52.7 Å². The van der Waals surface area contributed by atoms with Gasteiger partial charge < -0.3 is 19.3 Å². The average Bonchev–Trinajstić information content (AvgIpc) is 3.58. The molecule has 178 valence electrons. The minimum Gasteiger partial charge on any atom is -0.497 e. The third-order valence-corrected chi connectivity index (χ3v) is 6.73. The maximum atomic E-state index is 13.6. The maximum Gasteiger partial charge on any atom is 0.254 e. The molecular weight excluding hydrogens is 448 g/mol. The third kappa shape index (κ3) is 6.46. The predicted octanol–water partition coefficient (Wildman–Crippen LogP) is 4.61. The van der Waals surface area contributed by atoms with Crippen molar-refractivity contribution in [3.63, 3.8) is 0 Å². The molecule has 0 aliphatic carbocycles. The van der Waals surface area contributed by atoms with E-state index in [-0.39, 0.29) is 24.5 Å². The minimum absolute atomic E-state index is 0.00584. The predicted molar refractivity (Wildman–Crippen MR) is 133 cm³/mol. The molecular formula is C27H30N2O4S. The van der Waals surface area contributed by atoms with Crippen molar-refractivity contribution >= 4 is 23.2 Å². The van der Waals surface area contributed by atoms with Gasteiger partial charge in [-0.05, 0) is 48.1 Å². The summed E-state index contributed by atoms with van der Waals surface area (Å²) in [4.78, 5) is 31.6. The van der Waals surface area contributed by atoms with Gasteiger partial charge in [0.15, 0.2) is 0 Å². The van der Waals surface area contributed by atoms with Crippen LogP contribution >= 0.6 is 11.3 Å². The molecule has 2 aromatic carbocycles. The molecule has 1 aromatic heterocycles. The van der Waals surface area contributed by atoms with Crippen molar-refractivity contribution in [1.82, 2.24) is 9.80 Å². The van der Waals surface area contributed by atoms with E-state index >= 15 is 0 Å². The summed E-state index contributed by atoms with van der Waals surface area (Å²) < 4.78 is 11.1. The molecule has 0 saturated carbocycles. The maximum absolute atomic E-state index is 13.6. The van der Waals surface area contributed by atoms with E-state index in [0.717, 1.165) is 23.3 Å². The van der Waals surface area contributed by atoms with E-state index in [1.165, 1.54) is 0 Å². The van der Waals surface area contributed by atoms with Gasteiger partial charge in [-0.3, -0.25) is 9.59 Å². The largest absolute Gasteiger partial charge is 0.497 e. The summed E-state index contributed by atoms with van der Waals surface area (Å²) in [6.07, 6.45) is 1.80. The lowest BCUT2D eigenvalue weighted by atomic mass is 10.1. The second-order valence-electron chi connectivity index (χ2n) is 8.37. The second kappa shape index (κ2) is 11.8. The first-order chi connectivity index (χ1) is 16.6. The molecule has 3 aromatic rings. The first kappa shape index (κ1) is 24.0. The van der Waals surface area contributed by atoms with Crippen molar-refractivity contribution < 1.29 is 19.1 Å². The number of hydrogen-bond donors (Lipinski definition) is 0. The molecule has 0 unspecified atom stereocenters. The lowest BCUT2D eigenvalue weighted by molar-refractivity contribution is -0.133. The van der Waals surface area contributed by atoms with Crippen LogP contribution in [0.5, 0.6) is 5.75 Å². The molecule has 4 rings (SSSR count). The number of benzene rings is 2. The number of ether oxygens (including phenoxy) is 2. The zero-order chi connectivity index (χ0) is 23.8. The summed E-state index contributed by atoms with van der Waals surface area (Å²) >= 11 is 1.62. The molecule has 0 radical (unpaired) electrons. The summed E-state index contributed by atoms with van der Waals surface area (Å²) in [5, 5.41) is 2.01. The van der Waals surface area contributed by atoms with E-state index < -0.39 is 0 Å². The van der Waals surface area contributed by atoms with Crippen LogP contribution in [-0.2, 0) is 22.6 Å². The van der Waals surface area contributed by atoms with Gasteiger partial charge >= 0.3 is 0 Å². The fourth-order valence-electron chi connectivity index (χ4n) is 4.08. The van der Waals surface area contributed by atoms with Crippen molar-refractivity contribution in [2.75, 3.05) is 26.8 Å². The van der Waals surface area contributed by atoms with Crippen molar-refractivity contribution in [2.24, 2.45) is 0 Å². The number of thiophene rings is 1. The third-order valence-electron chi connectivity index (χ3n) is 5.87. The molecule has 0 N–H and O–H groups in total. The lowest BCUT2D eigenvalue weighted by Crippen LogP contribution is -2.45. The molecule has 1 aliphatic rings. The Morgan fingerprint density at radius 1 is 1.03 bits per heavy atom. The van der Waals surface area contributed by atoms with Gasteiger partial charge in [0, 0.05) is 30.1 Å². The topological polar surface area (TPSA) is 59.1 Å². The fourth-order valence-corrected chi connectivity index (χ4v) is 4.80. The molecule has 1 saturated heterocycles. The fraction of sp³-hybridized carbons (Fsp3) is 0.333. The zero-order valence-electron chi connectivity index (χ0n) is 19.4. The highest BCUT2D eigenvalue weighted by atomic mass is 32.1. The first-order valence-corrected chi connectivity index (χ1v) is 12.4. The molecule has 6 nitrogen and oxygen atoms in total. The highest BCUT2D eigenvalue weighted by Gasteiger charge is 2.27. The number of carbonyl (C=O) groups excluding carboxylic acids is 2. The zero-order valence-corrected chi connectivity index (χ0v) is 20.2. The average molecular weight is 479 g/mol. The van der Waals surface area contributed by atoms with Crippen LogP contribution in [0.25, 0.3) is 0 Å². The Labute approximate surface area is 204 Å². The van der Waals surface area contributed by atoms with Crippen LogP contribution in [0.2, 0.25) is 0 Å². The van der Waals surface area contributed by atoms with Crippen LogP contribution in [0.4, 0.5) is 0 Å². The smallest absolute Gasteiger partial charge is 0.254 e. The summed E-state index contributed by atoms with van der Waals surface area (Å²) in [5.41, 5.74) is 1.55. The highest BCUT2D eigenvalue weighted by Crippen LogP contribution is 2.20. The van der Waals surface area contributed by atoms with Gasteiger partial charge in [0.05, 0.1) is 19.8 Å². The summed E-state index contributed by atoms with van der Waals surface area (Å²) in [6.45, 7) is 2.07. The number of methoxy groups -OCH3 is 1. The Balaban J connectivity index is 1.55. The quantitative estimate of drug-likeness (QED) is 0.427. The van der Waals surface area contributed by atoms with E-state index in [2.05, 4.69) is 0 Å². The van der Waals surface area contributed by atoms with Crippen LogP contribution in [0.3, 0.4) is 0 Å².